The van der Waals surface area contributed by atoms with Crippen LogP contribution in [0.15, 0.2) is 42.6 Å². The second-order valence-electron chi connectivity index (χ2n) is 7.31. The number of aryl methyl sites for hydroxylation is 2. The minimum Gasteiger partial charge on any atom is -0.322 e. The summed E-state index contributed by atoms with van der Waals surface area (Å²) in [5.41, 5.74) is 5.12. The van der Waals surface area contributed by atoms with Gasteiger partial charge in [-0.05, 0) is 55.7 Å². The number of carbonyl (C=O) groups excluding carboxylic acids is 1. The molecule has 3 aromatic rings. The molecular formula is C22H22Cl2N3O+. The fourth-order valence-electron chi connectivity index (χ4n) is 3.75. The van der Waals surface area contributed by atoms with Gasteiger partial charge in [-0.3, -0.25) is 4.79 Å². The molecule has 0 radical (unpaired) electrons. The third-order valence-corrected chi connectivity index (χ3v) is 5.93. The van der Waals surface area contributed by atoms with Gasteiger partial charge < -0.3 is 5.32 Å². The Hall–Kier alpha value is -2.30. The van der Waals surface area contributed by atoms with Crippen LogP contribution in [0.25, 0.3) is 11.3 Å². The van der Waals surface area contributed by atoms with Gasteiger partial charge in [-0.25, -0.2) is 9.13 Å². The van der Waals surface area contributed by atoms with Crippen LogP contribution in [0.3, 0.4) is 0 Å². The molecule has 2 aromatic carbocycles. The van der Waals surface area contributed by atoms with Gasteiger partial charge in [-0.15, -0.1) is 0 Å². The lowest BCUT2D eigenvalue weighted by Gasteiger charge is -2.08. The van der Waals surface area contributed by atoms with E-state index in [4.69, 9.17) is 23.2 Å². The van der Waals surface area contributed by atoms with Crippen molar-refractivity contribution in [3.63, 3.8) is 0 Å². The van der Waals surface area contributed by atoms with Crippen LogP contribution in [-0.4, -0.2) is 10.5 Å². The van der Waals surface area contributed by atoms with Crippen LogP contribution in [0.1, 0.15) is 23.4 Å². The number of hydrogen-bond donors (Lipinski definition) is 1. The molecule has 144 valence electrons. The van der Waals surface area contributed by atoms with E-state index in [9.17, 15) is 4.79 Å². The van der Waals surface area contributed by atoms with E-state index in [-0.39, 0.29) is 12.5 Å². The van der Waals surface area contributed by atoms with Crippen molar-refractivity contribution in [1.29, 1.82) is 0 Å². The highest BCUT2D eigenvalue weighted by atomic mass is 35.5. The minimum atomic E-state index is -0.0281. The van der Waals surface area contributed by atoms with Crippen LogP contribution < -0.4 is 9.88 Å². The second-order valence-corrected chi connectivity index (χ2v) is 8.12. The molecule has 4 nitrogen and oxygen atoms in total. The Kier molecular flexibility index (Phi) is 5.17. The number of fused-ring (bicyclic) bond motifs is 1. The summed E-state index contributed by atoms with van der Waals surface area (Å²) in [5.74, 6) is 1.14. The van der Waals surface area contributed by atoms with Gasteiger partial charge in [0, 0.05) is 11.3 Å². The number of amides is 1. The lowest BCUT2D eigenvalue weighted by Crippen LogP contribution is -2.42. The van der Waals surface area contributed by atoms with Crippen molar-refractivity contribution in [2.45, 2.75) is 39.8 Å². The summed E-state index contributed by atoms with van der Waals surface area (Å²) in [6, 6.07) is 11.7. The molecule has 1 N–H and O–H groups in total. The van der Waals surface area contributed by atoms with Gasteiger partial charge in [0.15, 0.2) is 12.2 Å². The Morgan fingerprint density at radius 1 is 1.14 bits per heavy atom. The largest absolute Gasteiger partial charge is 0.322 e. The van der Waals surface area contributed by atoms with Crippen LogP contribution in [0.2, 0.25) is 10.0 Å². The highest BCUT2D eigenvalue weighted by molar-refractivity contribution is 6.42. The first kappa shape index (κ1) is 19.0. The lowest BCUT2D eigenvalue weighted by molar-refractivity contribution is -0.690. The second kappa shape index (κ2) is 7.61. The molecular weight excluding hydrogens is 393 g/mol. The monoisotopic (exact) mass is 414 g/mol. The van der Waals surface area contributed by atoms with Crippen molar-refractivity contribution in [3.8, 4) is 11.3 Å². The zero-order chi connectivity index (χ0) is 19.8. The van der Waals surface area contributed by atoms with E-state index < -0.39 is 0 Å². The summed E-state index contributed by atoms with van der Waals surface area (Å²) in [6.07, 6.45) is 4.07. The Labute approximate surface area is 174 Å². The van der Waals surface area contributed by atoms with Crippen molar-refractivity contribution in [2.24, 2.45) is 0 Å². The number of hydrogen-bond acceptors (Lipinski definition) is 1. The summed E-state index contributed by atoms with van der Waals surface area (Å²) in [6.45, 7) is 5.25. The Morgan fingerprint density at radius 3 is 2.75 bits per heavy atom. The maximum atomic E-state index is 12.7. The smallest absolute Gasteiger partial charge is 0.266 e. The van der Waals surface area contributed by atoms with Gasteiger partial charge in [0.2, 0.25) is 0 Å². The number of rotatable bonds is 4. The lowest BCUT2D eigenvalue weighted by atomic mass is 10.1. The van der Waals surface area contributed by atoms with E-state index in [1.165, 1.54) is 0 Å². The molecule has 1 aliphatic rings. The van der Waals surface area contributed by atoms with E-state index in [1.807, 2.05) is 61.0 Å². The van der Waals surface area contributed by atoms with E-state index in [2.05, 4.69) is 9.88 Å². The number of halogens is 2. The number of carbonyl (C=O) groups is 1. The standard InChI is InChI=1S/C22H21Cl2N3O/c1-14-5-6-15(2)19(10-14)25-21(28)13-26-12-20(27-9-3-4-22(26)27)16-7-8-17(23)18(24)11-16/h5-8,10-12H,3-4,9,13H2,1-2H3/p+1. The normalized spacial score (nSPS) is 12.9. The Balaban J connectivity index is 1.61. The molecule has 1 aliphatic heterocycles. The fourth-order valence-corrected chi connectivity index (χ4v) is 4.05. The van der Waals surface area contributed by atoms with Gasteiger partial charge in [0.1, 0.15) is 6.20 Å². The quantitative estimate of drug-likeness (QED) is 0.602. The average molecular weight is 415 g/mol. The molecule has 0 saturated carbocycles. The zero-order valence-corrected chi connectivity index (χ0v) is 17.4. The first-order valence-corrected chi connectivity index (χ1v) is 10.1. The molecule has 0 atom stereocenters. The average Bonchev–Trinajstić information content (AvgIpc) is 3.25. The van der Waals surface area contributed by atoms with Gasteiger partial charge in [-0.2, -0.15) is 0 Å². The maximum absolute atomic E-state index is 12.7. The van der Waals surface area contributed by atoms with E-state index in [0.717, 1.165) is 53.3 Å². The Morgan fingerprint density at radius 2 is 1.96 bits per heavy atom. The summed E-state index contributed by atoms with van der Waals surface area (Å²) in [7, 11) is 0. The van der Waals surface area contributed by atoms with E-state index >= 15 is 0 Å². The number of nitrogens with one attached hydrogen (secondary N) is 1. The third kappa shape index (κ3) is 3.67. The summed E-state index contributed by atoms with van der Waals surface area (Å²) < 4.78 is 4.32. The van der Waals surface area contributed by atoms with Crippen LogP contribution in [-0.2, 0) is 24.3 Å². The minimum absolute atomic E-state index is 0.0281. The third-order valence-electron chi connectivity index (χ3n) is 5.19. The van der Waals surface area contributed by atoms with Gasteiger partial charge in [-0.1, -0.05) is 35.3 Å². The van der Waals surface area contributed by atoms with E-state index in [1.54, 1.807) is 0 Å². The zero-order valence-electron chi connectivity index (χ0n) is 15.9. The van der Waals surface area contributed by atoms with Crippen LogP contribution in [0.5, 0.6) is 0 Å². The molecule has 0 bridgehead atoms. The molecule has 28 heavy (non-hydrogen) atoms. The first-order valence-electron chi connectivity index (χ1n) is 9.37. The first-order chi connectivity index (χ1) is 13.4. The molecule has 0 unspecified atom stereocenters. The van der Waals surface area contributed by atoms with Crippen molar-refractivity contribution < 1.29 is 9.36 Å². The molecule has 1 aromatic heterocycles. The maximum Gasteiger partial charge on any atom is 0.266 e. The molecule has 2 heterocycles. The fraction of sp³-hybridized carbons (Fsp3) is 0.273. The van der Waals surface area contributed by atoms with Gasteiger partial charge in [0.25, 0.3) is 11.7 Å². The highest BCUT2D eigenvalue weighted by Crippen LogP contribution is 2.30. The van der Waals surface area contributed by atoms with Crippen LogP contribution in [0.4, 0.5) is 5.69 Å². The summed E-state index contributed by atoms with van der Waals surface area (Å²) >= 11 is 12.3. The van der Waals surface area contributed by atoms with Crippen molar-refractivity contribution in [3.05, 3.63) is 69.6 Å². The molecule has 4 rings (SSSR count). The molecule has 0 fully saturated rings. The highest BCUT2D eigenvalue weighted by Gasteiger charge is 2.29. The van der Waals surface area contributed by atoms with Crippen LogP contribution >= 0.6 is 23.2 Å². The SMILES string of the molecule is Cc1ccc(C)c(NC(=O)C[n+]2cc(-c3ccc(Cl)c(Cl)c3)n3c2CCC3)c1. The van der Waals surface area contributed by atoms with Crippen molar-refractivity contribution in [1.82, 2.24) is 4.57 Å². The topological polar surface area (TPSA) is 37.9 Å². The molecule has 1 amide bonds. The van der Waals surface area contributed by atoms with E-state index in [0.29, 0.717) is 10.0 Å². The van der Waals surface area contributed by atoms with Crippen molar-refractivity contribution >= 4 is 34.8 Å². The number of aromatic nitrogens is 2. The van der Waals surface area contributed by atoms with Crippen molar-refractivity contribution in [2.75, 3.05) is 5.32 Å². The number of anilines is 1. The molecule has 0 spiro atoms. The number of nitrogens with zero attached hydrogens (tertiary/aromatic N) is 2. The van der Waals surface area contributed by atoms with Crippen LogP contribution in [0, 0.1) is 13.8 Å². The molecule has 0 saturated heterocycles. The summed E-state index contributed by atoms with van der Waals surface area (Å²) in [5, 5.41) is 4.12. The number of benzene rings is 2. The van der Waals surface area contributed by atoms with Gasteiger partial charge >= 0.3 is 0 Å². The number of imidazole rings is 1. The van der Waals surface area contributed by atoms with Gasteiger partial charge in [0.05, 0.1) is 23.0 Å². The molecule has 0 aliphatic carbocycles. The molecule has 6 heteroatoms. The summed E-state index contributed by atoms with van der Waals surface area (Å²) in [4.78, 5) is 12.7. The Bertz CT molecular complexity index is 1070. The predicted octanol–water partition coefficient (Wildman–Crippen LogP) is 4.95. The predicted molar refractivity (Wildman–Crippen MR) is 113 cm³/mol.